The maximum atomic E-state index is 12.7. The second-order valence-corrected chi connectivity index (χ2v) is 7.53. The molecule has 0 spiro atoms. The lowest BCUT2D eigenvalue weighted by atomic mass is 10.2. The van der Waals surface area contributed by atoms with Crippen molar-refractivity contribution in [1.29, 1.82) is 0 Å². The lowest BCUT2D eigenvalue weighted by Crippen LogP contribution is -2.34. The van der Waals surface area contributed by atoms with E-state index in [1.165, 1.54) is 0 Å². The average molecular weight is 427 g/mol. The summed E-state index contributed by atoms with van der Waals surface area (Å²) >= 11 is 6.21. The van der Waals surface area contributed by atoms with Gasteiger partial charge in [-0.25, -0.2) is 14.5 Å². The SMILES string of the molecule is Cc1cc(C)n(-c2ccc(Cl)c(C(=O)Nc3ccc(NC(=O)NC(C)C)cc3)n2)n1. The Morgan fingerprint density at radius 3 is 2.20 bits per heavy atom. The van der Waals surface area contributed by atoms with E-state index >= 15 is 0 Å². The lowest BCUT2D eigenvalue weighted by Gasteiger charge is -2.11. The van der Waals surface area contributed by atoms with Gasteiger partial charge in [0.05, 0.1) is 10.7 Å². The zero-order valence-corrected chi connectivity index (χ0v) is 17.9. The summed E-state index contributed by atoms with van der Waals surface area (Å²) in [5.41, 5.74) is 3.00. The number of anilines is 2. The molecule has 0 fully saturated rings. The molecule has 3 rings (SSSR count). The van der Waals surface area contributed by atoms with Crippen LogP contribution >= 0.6 is 11.6 Å². The van der Waals surface area contributed by atoms with E-state index in [-0.39, 0.29) is 22.8 Å². The average Bonchev–Trinajstić information content (AvgIpc) is 3.01. The van der Waals surface area contributed by atoms with Crippen LogP contribution in [0, 0.1) is 13.8 Å². The Kier molecular flexibility index (Phi) is 6.37. The van der Waals surface area contributed by atoms with Gasteiger partial charge in [-0.1, -0.05) is 11.6 Å². The third kappa shape index (κ3) is 5.15. The number of hydrogen-bond acceptors (Lipinski definition) is 4. The van der Waals surface area contributed by atoms with Crippen LogP contribution in [0.2, 0.25) is 5.02 Å². The van der Waals surface area contributed by atoms with Crippen molar-refractivity contribution in [2.75, 3.05) is 10.6 Å². The van der Waals surface area contributed by atoms with Crippen LogP contribution in [0.25, 0.3) is 5.82 Å². The van der Waals surface area contributed by atoms with Crippen molar-refractivity contribution in [3.05, 3.63) is 64.6 Å². The molecule has 3 aromatic rings. The monoisotopic (exact) mass is 426 g/mol. The van der Waals surface area contributed by atoms with Crippen LogP contribution in [0.15, 0.2) is 42.5 Å². The maximum absolute atomic E-state index is 12.7. The number of urea groups is 1. The number of pyridine rings is 1. The van der Waals surface area contributed by atoms with Crippen LogP contribution in [0.4, 0.5) is 16.2 Å². The predicted octanol–water partition coefficient (Wildman–Crippen LogP) is 4.32. The highest BCUT2D eigenvalue weighted by Gasteiger charge is 2.16. The van der Waals surface area contributed by atoms with Gasteiger partial charge in [-0.2, -0.15) is 5.10 Å². The van der Waals surface area contributed by atoms with Crippen molar-refractivity contribution in [2.24, 2.45) is 0 Å². The zero-order chi connectivity index (χ0) is 21.8. The summed E-state index contributed by atoms with van der Waals surface area (Å²) < 4.78 is 1.66. The minimum absolute atomic E-state index is 0.0333. The fraction of sp³-hybridized carbons (Fsp3) is 0.238. The number of nitrogens with zero attached hydrogens (tertiary/aromatic N) is 3. The van der Waals surface area contributed by atoms with Gasteiger partial charge in [-0.05, 0) is 70.2 Å². The standard InChI is InChI=1S/C21H23ClN6O2/c1-12(2)23-21(30)25-16-7-5-15(6-8-16)24-20(29)19-17(22)9-10-18(26-19)28-14(4)11-13(3)27-28/h5-12H,1-4H3,(H,24,29)(H2,23,25,30). The number of halogens is 1. The Labute approximate surface area is 179 Å². The number of rotatable bonds is 5. The van der Waals surface area contributed by atoms with E-state index in [1.54, 1.807) is 41.1 Å². The molecule has 0 bridgehead atoms. The minimum atomic E-state index is -0.443. The van der Waals surface area contributed by atoms with E-state index in [9.17, 15) is 9.59 Å². The third-order valence-corrected chi connectivity index (χ3v) is 4.40. The van der Waals surface area contributed by atoms with Crippen LogP contribution in [-0.4, -0.2) is 32.7 Å². The van der Waals surface area contributed by atoms with Crippen LogP contribution in [0.3, 0.4) is 0 Å². The zero-order valence-electron chi connectivity index (χ0n) is 17.2. The Balaban J connectivity index is 1.73. The van der Waals surface area contributed by atoms with E-state index < -0.39 is 5.91 Å². The molecule has 0 saturated carbocycles. The van der Waals surface area contributed by atoms with Crippen LogP contribution in [0.1, 0.15) is 35.7 Å². The van der Waals surface area contributed by atoms with E-state index in [0.717, 1.165) is 11.4 Å². The fourth-order valence-electron chi connectivity index (χ4n) is 2.83. The summed E-state index contributed by atoms with van der Waals surface area (Å²) in [7, 11) is 0. The van der Waals surface area contributed by atoms with Crippen LogP contribution < -0.4 is 16.0 Å². The normalized spacial score (nSPS) is 10.7. The molecule has 8 nitrogen and oxygen atoms in total. The first-order valence-electron chi connectivity index (χ1n) is 9.42. The van der Waals surface area contributed by atoms with Gasteiger partial charge < -0.3 is 16.0 Å². The van der Waals surface area contributed by atoms with Gasteiger partial charge in [-0.3, -0.25) is 4.79 Å². The van der Waals surface area contributed by atoms with Crippen molar-refractivity contribution >= 4 is 34.9 Å². The molecule has 0 aliphatic heterocycles. The van der Waals surface area contributed by atoms with Crippen molar-refractivity contribution in [3.63, 3.8) is 0 Å². The smallest absolute Gasteiger partial charge is 0.319 e. The van der Waals surface area contributed by atoms with Gasteiger partial charge >= 0.3 is 6.03 Å². The van der Waals surface area contributed by atoms with E-state index in [4.69, 9.17) is 11.6 Å². The molecule has 0 aliphatic carbocycles. The Morgan fingerprint density at radius 2 is 1.63 bits per heavy atom. The molecule has 3 amide bonds. The Hall–Kier alpha value is -3.39. The summed E-state index contributed by atoms with van der Waals surface area (Å²) in [5, 5.41) is 12.9. The Bertz CT molecular complexity index is 1080. The molecule has 0 unspecified atom stereocenters. The van der Waals surface area contributed by atoms with E-state index in [0.29, 0.717) is 17.2 Å². The molecule has 2 heterocycles. The molecule has 0 aliphatic rings. The van der Waals surface area contributed by atoms with Gasteiger partial charge in [0.2, 0.25) is 0 Å². The number of benzene rings is 1. The van der Waals surface area contributed by atoms with E-state index in [2.05, 4.69) is 26.0 Å². The number of nitrogens with one attached hydrogen (secondary N) is 3. The van der Waals surface area contributed by atoms with Crippen molar-refractivity contribution < 1.29 is 9.59 Å². The van der Waals surface area contributed by atoms with Crippen molar-refractivity contribution in [3.8, 4) is 5.82 Å². The minimum Gasteiger partial charge on any atom is -0.336 e. The summed E-state index contributed by atoms with van der Waals surface area (Å²) in [6.07, 6.45) is 0. The maximum Gasteiger partial charge on any atom is 0.319 e. The van der Waals surface area contributed by atoms with Crippen molar-refractivity contribution in [2.45, 2.75) is 33.7 Å². The molecular formula is C21H23ClN6O2. The number of hydrogen-bond donors (Lipinski definition) is 3. The van der Waals surface area contributed by atoms with Crippen LogP contribution in [-0.2, 0) is 0 Å². The number of amides is 3. The first-order chi connectivity index (χ1) is 14.2. The van der Waals surface area contributed by atoms with E-state index in [1.807, 2.05) is 33.8 Å². The highest BCUT2D eigenvalue weighted by Crippen LogP contribution is 2.20. The Morgan fingerprint density at radius 1 is 1.00 bits per heavy atom. The van der Waals surface area contributed by atoms with Gasteiger partial charge in [0.25, 0.3) is 5.91 Å². The predicted molar refractivity (Wildman–Crippen MR) is 118 cm³/mol. The summed E-state index contributed by atoms with van der Waals surface area (Å²) in [4.78, 5) is 28.9. The molecule has 3 N–H and O–H groups in total. The third-order valence-electron chi connectivity index (χ3n) is 4.09. The summed E-state index contributed by atoms with van der Waals surface area (Å²) in [6.45, 7) is 7.55. The highest BCUT2D eigenvalue weighted by atomic mass is 35.5. The molecular weight excluding hydrogens is 404 g/mol. The molecule has 2 aromatic heterocycles. The second kappa shape index (κ2) is 8.96. The quantitative estimate of drug-likeness (QED) is 0.565. The summed E-state index contributed by atoms with van der Waals surface area (Å²) in [5.74, 6) is 0.0625. The van der Waals surface area contributed by atoms with Crippen LogP contribution in [0.5, 0.6) is 0 Å². The summed E-state index contributed by atoms with van der Waals surface area (Å²) in [6, 6.07) is 11.7. The second-order valence-electron chi connectivity index (χ2n) is 7.12. The van der Waals surface area contributed by atoms with Gasteiger partial charge in [0, 0.05) is 23.1 Å². The molecule has 0 radical (unpaired) electrons. The number of aryl methyl sites for hydroxylation is 2. The van der Waals surface area contributed by atoms with Gasteiger partial charge in [0.15, 0.2) is 5.82 Å². The first kappa shape index (κ1) is 21.3. The fourth-order valence-corrected chi connectivity index (χ4v) is 3.02. The lowest BCUT2D eigenvalue weighted by molar-refractivity contribution is 0.102. The number of aromatic nitrogens is 3. The number of carbonyl (C=O) groups excluding carboxylic acids is 2. The topological polar surface area (TPSA) is 101 Å². The number of carbonyl (C=O) groups is 2. The van der Waals surface area contributed by atoms with Gasteiger partial charge in [0.1, 0.15) is 5.69 Å². The van der Waals surface area contributed by atoms with Gasteiger partial charge in [-0.15, -0.1) is 0 Å². The largest absolute Gasteiger partial charge is 0.336 e. The molecule has 0 saturated heterocycles. The molecule has 156 valence electrons. The molecule has 30 heavy (non-hydrogen) atoms. The van der Waals surface area contributed by atoms with Crippen molar-refractivity contribution in [1.82, 2.24) is 20.1 Å². The molecule has 0 atom stereocenters. The highest BCUT2D eigenvalue weighted by molar-refractivity contribution is 6.34. The molecule has 1 aromatic carbocycles. The first-order valence-corrected chi connectivity index (χ1v) is 9.80. The molecule has 9 heteroatoms.